The molecule has 0 aromatic rings. The molecule has 4 heteroatoms. The first-order valence-electron chi connectivity index (χ1n) is 4.69. The van der Waals surface area contributed by atoms with Gasteiger partial charge in [-0.1, -0.05) is 20.8 Å². The first-order valence-corrected chi connectivity index (χ1v) is 5.03. The minimum atomic E-state index is 0.215. The monoisotopic (exact) mass is 203 g/mol. The Labute approximate surface area is 85.5 Å². The van der Waals surface area contributed by atoms with Gasteiger partial charge in [-0.3, -0.25) is 5.01 Å². The Morgan fingerprint density at radius 2 is 2.08 bits per heavy atom. The van der Waals surface area contributed by atoms with Crippen LogP contribution in [0, 0.1) is 5.41 Å². The fraction of sp³-hybridized carbons (Fsp3) is 0.889. The Balaban J connectivity index is 2.58. The molecule has 0 saturated carbocycles. The molecular weight excluding hydrogens is 186 g/mol. The molecule has 0 aromatic carbocycles. The molecule has 0 amide bonds. The third-order valence-electron chi connectivity index (χ3n) is 2.06. The normalized spacial score (nSPS) is 23.0. The van der Waals surface area contributed by atoms with Crippen LogP contribution in [-0.4, -0.2) is 28.5 Å². The van der Waals surface area contributed by atoms with Crippen LogP contribution in [0.15, 0.2) is 5.10 Å². The zero-order valence-electron chi connectivity index (χ0n) is 8.79. The van der Waals surface area contributed by atoms with Gasteiger partial charge in [-0.15, -0.1) is 0 Å². The Kier molecular flexibility index (Phi) is 3.06. The molecule has 0 aliphatic carbocycles. The number of hydrazone groups is 1. The SMILES string of the molecule is CCN1N=CN(Cl)C1CC(C)(C)C. The summed E-state index contributed by atoms with van der Waals surface area (Å²) in [5.41, 5.74) is 0.277. The summed E-state index contributed by atoms with van der Waals surface area (Å²) in [4.78, 5) is 0. The van der Waals surface area contributed by atoms with E-state index in [-0.39, 0.29) is 11.6 Å². The Bertz CT molecular complexity index is 198. The van der Waals surface area contributed by atoms with E-state index >= 15 is 0 Å². The predicted octanol–water partition coefficient (Wildman–Crippen LogP) is 2.48. The summed E-state index contributed by atoms with van der Waals surface area (Å²) >= 11 is 6.00. The molecule has 0 fully saturated rings. The fourth-order valence-electron chi connectivity index (χ4n) is 1.43. The lowest BCUT2D eigenvalue weighted by Gasteiger charge is -2.31. The van der Waals surface area contributed by atoms with Gasteiger partial charge < -0.3 is 0 Å². The second-order valence-corrected chi connectivity index (χ2v) is 4.97. The highest BCUT2D eigenvalue weighted by Crippen LogP contribution is 2.28. The summed E-state index contributed by atoms with van der Waals surface area (Å²) < 4.78 is 1.66. The largest absolute Gasteiger partial charge is 0.272 e. The van der Waals surface area contributed by atoms with Crippen molar-refractivity contribution in [1.29, 1.82) is 0 Å². The molecule has 0 radical (unpaired) electrons. The smallest absolute Gasteiger partial charge is 0.135 e. The van der Waals surface area contributed by atoms with Gasteiger partial charge in [0, 0.05) is 18.3 Å². The molecule has 1 atom stereocenters. The van der Waals surface area contributed by atoms with E-state index < -0.39 is 0 Å². The van der Waals surface area contributed by atoms with Gasteiger partial charge in [-0.25, -0.2) is 4.42 Å². The van der Waals surface area contributed by atoms with Gasteiger partial charge in [0.15, 0.2) is 0 Å². The molecule has 1 aliphatic rings. The number of halogens is 1. The maximum Gasteiger partial charge on any atom is 0.135 e. The van der Waals surface area contributed by atoms with Crippen LogP contribution in [0.25, 0.3) is 0 Å². The molecular formula is C9H18ClN3. The first kappa shape index (κ1) is 10.6. The summed E-state index contributed by atoms with van der Waals surface area (Å²) in [6.45, 7) is 9.63. The maximum atomic E-state index is 6.00. The highest BCUT2D eigenvalue weighted by Gasteiger charge is 2.29. The second-order valence-electron chi connectivity index (χ2n) is 4.58. The summed E-state index contributed by atoms with van der Waals surface area (Å²) in [6.07, 6.45) is 2.91. The van der Waals surface area contributed by atoms with Crippen molar-refractivity contribution < 1.29 is 0 Å². The lowest BCUT2D eigenvalue weighted by Crippen LogP contribution is -2.37. The van der Waals surface area contributed by atoms with Crippen LogP contribution < -0.4 is 0 Å². The van der Waals surface area contributed by atoms with E-state index in [2.05, 4.69) is 32.8 Å². The van der Waals surface area contributed by atoms with E-state index in [0.29, 0.717) is 0 Å². The van der Waals surface area contributed by atoms with E-state index in [0.717, 1.165) is 13.0 Å². The number of hydrogen-bond acceptors (Lipinski definition) is 3. The number of rotatable bonds is 2. The van der Waals surface area contributed by atoms with E-state index in [4.69, 9.17) is 11.8 Å². The van der Waals surface area contributed by atoms with Crippen LogP contribution in [0.2, 0.25) is 0 Å². The Morgan fingerprint density at radius 3 is 2.54 bits per heavy atom. The fourth-order valence-corrected chi connectivity index (χ4v) is 1.64. The second kappa shape index (κ2) is 3.74. The highest BCUT2D eigenvalue weighted by molar-refractivity contribution is 6.19. The van der Waals surface area contributed by atoms with Gasteiger partial charge in [-0.2, -0.15) is 5.10 Å². The third kappa shape index (κ3) is 2.76. The summed E-state index contributed by atoms with van der Waals surface area (Å²) in [5, 5.41) is 6.22. The topological polar surface area (TPSA) is 18.8 Å². The number of hydrogen-bond donors (Lipinski definition) is 0. The van der Waals surface area contributed by atoms with Crippen LogP contribution in [0.4, 0.5) is 0 Å². The average molecular weight is 204 g/mol. The maximum absolute atomic E-state index is 6.00. The van der Waals surface area contributed by atoms with Crippen LogP contribution in [0.5, 0.6) is 0 Å². The standard InChI is InChI=1S/C9H18ClN3/c1-5-13-8(6-9(2,3)4)12(10)7-11-13/h7-8H,5-6H2,1-4H3. The van der Waals surface area contributed by atoms with Crippen LogP contribution in [0.1, 0.15) is 34.1 Å². The molecule has 13 heavy (non-hydrogen) atoms. The molecule has 0 N–H and O–H groups in total. The van der Waals surface area contributed by atoms with Crippen LogP contribution in [-0.2, 0) is 0 Å². The quantitative estimate of drug-likeness (QED) is 0.643. The lowest BCUT2D eigenvalue weighted by atomic mass is 9.90. The van der Waals surface area contributed by atoms with Crippen molar-refractivity contribution in [2.75, 3.05) is 6.54 Å². The summed E-state index contributed by atoms with van der Waals surface area (Å²) in [7, 11) is 0. The van der Waals surface area contributed by atoms with Gasteiger partial charge in [0.2, 0.25) is 0 Å². The van der Waals surface area contributed by atoms with Crippen molar-refractivity contribution in [1.82, 2.24) is 9.43 Å². The summed E-state index contributed by atoms with van der Waals surface area (Å²) in [6, 6.07) is 0. The molecule has 0 saturated heterocycles. The molecule has 0 aromatic heterocycles. The van der Waals surface area contributed by atoms with Gasteiger partial charge in [0.25, 0.3) is 0 Å². The van der Waals surface area contributed by atoms with Crippen LogP contribution >= 0.6 is 11.8 Å². The van der Waals surface area contributed by atoms with E-state index in [1.165, 1.54) is 0 Å². The minimum absolute atomic E-state index is 0.215. The van der Waals surface area contributed by atoms with Gasteiger partial charge in [0.1, 0.15) is 12.5 Å². The Morgan fingerprint density at radius 1 is 1.46 bits per heavy atom. The number of nitrogens with zero attached hydrogens (tertiary/aromatic N) is 3. The lowest BCUT2D eigenvalue weighted by molar-refractivity contribution is 0.131. The molecule has 0 bridgehead atoms. The first-order chi connectivity index (χ1) is 5.94. The molecule has 1 aliphatic heterocycles. The van der Waals surface area contributed by atoms with E-state index in [1.807, 2.05) is 5.01 Å². The average Bonchev–Trinajstić information content (AvgIpc) is 2.30. The minimum Gasteiger partial charge on any atom is -0.272 e. The van der Waals surface area contributed by atoms with E-state index in [9.17, 15) is 0 Å². The van der Waals surface area contributed by atoms with Gasteiger partial charge in [-0.05, 0) is 18.8 Å². The van der Waals surface area contributed by atoms with Crippen molar-refractivity contribution in [2.24, 2.45) is 10.5 Å². The molecule has 1 unspecified atom stereocenters. The van der Waals surface area contributed by atoms with Gasteiger partial charge >= 0.3 is 0 Å². The van der Waals surface area contributed by atoms with Crippen molar-refractivity contribution >= 4 is 18.1 Å². The third-order valence-corrected chi connectivity index (χ3v) is 2.37. The predicted molar refractivity (Wildman–Crippen MR) is 56.4 cm³/mol. The zero-order valence-corrected chi connectivity index (χ0v) is 9.54. The van der Waals surface area contributed by atoms with Crippen molar-refractivity contribution in [3.05, 3.63) is 0 Å². The van der Waals surface area contributed by atoms with Gasteiger partial charge in [0.05, 0.1) is 0 Å². The zero-order chi connectivity index (χ0) is 10.1. The Hall–Kier alpha value is -0.440. The van der Waals surface area contributed by atoms with E-state index in [1.54, 1.807) is 10.8 Å². The molecule has 76 valence electrons. The molecule has 3 nitrogen and oxygen atoms in total. The van der Waals surface area contributed by atoms with Crippen molar-refractivity contribution in [2.45, 2.75) is 40.3 Å². The molecule has 0 spiro atoms. The summed E-state index contributed by atoms with van der Waals surface area (Å²) in [5.74, 6) is 0. The van der Waals surface area contributed by atoms with Crippen molar-refractivity contribution in [3.8, 4) is 0 Å². The molecule has 1 rings (SSSR count). The van der Waals surface area contributed by atoms with Crippen LogP contribution in [0.3, 0.4) is 0 Å². The molecule has 1 heterocycles. The highest BCUT2D eigenvalue weighted by atomic mass is 35.5. The van der Waals surface area contributed by atoms with Crippen molar-refractivity contribution in [3.63, 3.8) is 0 Å².